The van der Waals surface area contributed by atoms with E-state index < -0.39 is 12.0 Å². The number of carboxylic acids is 1. The highest BCUT2D eigenvalue weighted by molar-refractivity contribution is 9.10. The summed E-state index contributed by atoms with van der Waals surface area (Å²) in [6.07, 6.45) is 0.697. The average molecular weight is 327 g/mol. The Morgan fingerprint density at radius 3 is 2.79 bits per heavy atom. The molecule has 0 bridgehead atoms. The van der Waals surface area contributed by atoms with Crippen LogP contribution in [0.15, 0.2) is 22.7 Å². The van der Waals surface area contributed by atoms with E-state index in [-0.39, 0.29) is 11.8 Å². The van der Waals surface area contributed by atoms with Crippen molar-refractivity contribution >= 4 is 33.5 Å². The van der Waals surface area contributed by atoms with E-state index in [2.05, 4.69) is 15.9 Å². The van der Waals surface area contributed by atoms with Gasteiger partial charge in [-0.3, -0.25) is 4.79 Å². The smallest absolute Gasteiger partial charge is 0.326 e. The van der Waals surface area contributed by atoms with Crippen molar-refractivity contribution in [1.29, 1.82) is 0 Å². The second-order valence-electron chi connectivity index (χ2n) is 4.79. The number of hydrogen-bond donors (Lipinski definition) is 2. The highest BCUT2D eigenvalue weighted by Gasteiger charge is 2.40. The van der Waals surface area contributed by atoms with Crippen molar-refractivity contribution in [2.24, 2.45) is 5.92 Å². The van der Waals surface area contributed by atoms with Crippen molar-refractivity contribution in [1.82, 2.24) is 4.90 Å². The number of amides is 1. The fourth-order valence-electron chi connectivity index (χ4n) is 2.41. The van der Waals surface area contributed by atoms with Crippen LogP contribution in [0, 0.1) is 5.92 Å². The molecule has 0 spiro atoms. The Balaban J connectivity index is 2.33. The lowest BCUT2D eigenvalue weighted by atomic mass is 10.0. The summed E-state index contributed by atoms with van der Waals surface area (Å²) in [5.74, 6) is -1.30. The summed E-state index contributed by atoms with van der Waals surface area (Å²) in [7, 11) is 0. The second kappa shape index (κ2) is 5.21. The number of carboxylic acid groups (broad SMARTS) is 1. The molecule has 1 aromatic carbocycles. The van der Waals surface area contributed by atoms with Crippen LogP contribution in [0.25, 0.3) is 0 Å². The third kappa shape index (κ3) is 2.58. The van der Waals surface area contributed by atoms with Gasteiger partial charge < -0.3 is 15.7 Å². The summed E-state index contributed by atoms with van der Waals surface area (Å²) in [5.41, 5.74) is 6.56. The number of hydrogen-bond acceptors (Lipinski definition) is 3. The first-order valence-electron chi connectivity index (χ1n) is 6.00. The minimum absolute atomic E-state index is 0.0405. The predicted molar refractivity (Wildman–Crippen MR) is 74.8 cm³/mol. The Morgan fingerprint density at radius 1 is 1.47 bits per heavy atom. The summed E-state index contributed by atoms with van der Waals surface area (Å²) in [5, 5.41) is 9.24. The number of anilines is 1. The standard InChI is InChI=1S/C13H15BrN2O3/c1-7-4-5-16(11(7)13(18)19)12(17)9-6-8(15)2-3-10(9)14/h2-3,6-7,11H,4-5,15H2,1H3,(H,18,19). The lowest BCUT2D eigenvalue weighted by molar-refractivity contribution is -0.142. The maximum atomic E-state index is 12.5. The zero-order valence-corrected chi connectivity index (χ0v) is 12.1. The number of rotatable bonds is 2. The number of nitrogens with zero attached hydrogens (tertiary/aromatic N) is 1. The van der Waals surface area contributed by atoms with Crippen molar-refractivity contribution in [2.75, 3.05) is 12.3 Å². The van der Waals surface area contributed by atoms with E-state index in [1.807, 2.05) is 6.92 Å². The molecule has 3 N–H and O–H groups in total. The monoisotopic (exact) mass is 326 g/mol. The van der Waals surface area contributed by atoms with E-state index in [0.29, 0.717) is 28.7 Å². The first-order chi connectivity index (χ1) is 8.91. The lowest BCUT2D eigenvalue weighted by Gasteiger charge is -2.24. The molecule has 5 nitrogen and oxygen atoms in total. The van der Waals surface area contributed by atoms with Crippen LogP contribution < -0.4 is 5.73 Å². The molecular formula is C13H15BrN2O3. The van der Waals surface area contributed by atoms with Gasteiger partial charge in [0.2, 0.25) is 0 Å². The molecule has 1 fully saturated rings. The third-order valence-corrected chi connectivity index (χ3v) is 4.13. The number of benzene rings is 1. The molecule has 19 heavy (non-hydrogen) atoms. The molecule has 102 valence electrons. The minimum Gasteiger partial charge on any atom is -0.480 e. The molecule has 1 aromatic rings. The SMILES string of the molecule is CC1CCN(C(=O)c2cc(N)ccc2Br)C1C(=O)O. The largest absolute Gasteiger partial charge is 0.480 e. The number of carbonyl (C=O) groups excluding carboxylic acids is 1. The van der Waals surface area contributed by atoms with Gasteiger partial charge in [-0.15, -0.1) is 0 Å². The quantitative estimate of drug-likeness (QED) is 0.814. The molecule has 1 aliphatic heterocycles. The zero-order chi connectivity index (χ0) is 14.2. The minimum atomic E-state index is -0.960. The van der Waals surface area contributed by atoms with Crippen molar-refractivity contribution in [3.63, 3.8) is 0 Å². The molecule has 0 aromatic heterocycles. The van der Waals surface area contributed by atoms with Crippen LogP contribution >= 0.6 is 15.9 Å². The molecule has 1 heterocycles. The van der Waals surface area contributed by atoms with E-state index in [4.69, 9.17) is 5.73 Å². The van der Waals surface area contributed by atoms with Gasteiger partial charge >= 0.3 is 5.97 Å². The summed E-state index contributed by atoms with van der Waals surface area (Å²) in [4.78, 5) is 25.1. The topological polar surface area (TPSA) is 83.6 Å². The summed E-state index contributed by atoms with van der Waals surface area (Å²) >= 11 is 3.30. The molecule has 0 aliphatic carbocycles. The van der Waals surface area contributed by atoms with Crippen molar-refractivity contribution < 1.29 is 14.7 Å². The summed E-state index contributed by atoms with van der Waals surface area (Å²) in [6.45, 7) is 2.30. The normalized spacial score (nSPS) is 22.5. The fraction of sp³-hybridized carbons (Fsp3) is 0.385. The molecule has 0 saturated carbocycles. The van der Waals surface area contributed by atoms with Crippen LogP contribution in [0.3, 0.4) is 0 Å². The van der Waals surface area contributed by atoms with Crippen LogP contribution in [0.1, 0.15) is 23.7 Å². The number of halogens is 1. The van der Waals surface area contributed by atoms with Gasteiger partial charge in [-0.25, -0.2) is 4.79 Å². The van der Waals surface area contributed by atoms with Gasteiger partial charge in [0.15, 0.2) is 0 Å². The lowest BCUT2D eigenvalue weighted by Crippen LogP contribution is -2.42. The van der Waals surface area contributed by atoms with E-state index in [1.54, 1.807) is 18.2 Å². The average Bonchev–Trinajstić information content (AvgIpc) is 2.73. The van der Waals surface area contributed by atoms with Gasteiger partial charge in [0.1, 0.15) is 6.04 Å². The molecule has 2 rings (SSSR count). The Morgan fingerprint density at radius 2 is 2.16 bits per heavy atom. The van der Waals surface area contributed by atoms with Crippen molar-refractivity contribution in [3.8, 4) is 0 Å². The third-order valence-electron chi connectivity index (χ3n) is 3.43. The Bertz CT molecular complexity index is 533. The van der Waals surface area contributed by atoms with Gasteiger partial charge in [-0.2, -0.15) is 0 Å². The molecule has 6 heteroatoms. The molecule has 2 atom stereocenters. The second-order valence-corrected chi connectivity index (χ2v) is 5.64. The van der Waals surface area contributed by atoms with Crippen LogP contribution in [0.4, 0.5) is 5.69 Å². The fourth-order valence-corrected chi connectivity index (χ4v) is 2.83. The predicted octanol–water partition coefficient (Wildman–Crippen LogP) is 1.97. The van der Waals surface area contributed by atoms with Gasteiger partial charge in [-0.05, 0) is 46.5 Å². The van der Waals surface area contributed by atoms with Gasteiger partial charge in [-0.1, -0.05) is 6.92 Å². The molecular weight excluding hydrogens is 312 g/mol. The molecule has 1 aliphatic rings. The number of carbonyl (C=O) groups is 2. The number of nitrogen functional groups attached to an aromatic ring is 1. The van der Waals surface area contributed by atoms with Crippen molar-refractivity contribution in [3.05, 3.63) is 28.2 Å². The first-order valence-corrected chi connectivity index (χ1v) is 6.80. The van der Waals surface area contributed by atoms with Crippen LogP contribution in [-0.2, 0) is 4.79 Å². The first kappa shape index (κ1) is 13.9. The molecule has 2 unspecified atom stereocenters. The van der Waals surface area contributed by atoms with E-state index in [9.17, 15) is 14.7 Å². The highest BCUT2D eigenvalue weighted by Crippen LogP contribution is 2.28. The van der Waals surface area contributed by atoms with Gasteiger partial charge in [0.25, 0.3) is 5.91 Å². The maximum Gasteiger partial charge on any atom is 0.326 e. The van der Waals surface area contributed by atoms with Crippen LogP contribution in [-0.4, -0.2) is 34.5 Å². The molecule has 1 amide bonds. The van der Waals surface area contributed by atoms with Crippen molar-refractivity contribution in [2.45, 2.75) is 19.4 Å². The molecule has 0 radical (unpaired) electrons. The van der Waals surface area contributed by atoms with E-state index in [0.717, 1.165) is 0 Å². The Labute approximate surface area is 119 Å². The Hall–Kier alpha value is -1.56. The molecule has 1 saturated heterocycles. The number of aliphatic carboxylic acids is 1. The number of likely N-dealkylation sites (tertiary alicyclic amines) is 1. The van der Waals surface area contributed by atoms with E-state index in [1.165, 1.54) is 4.90 Å². The highest BCUT2D eigenvalue weighted by atomic mass is 79.9. The van der Waals surface area contributed by atoms with E-state index >= 15 is 0 Å². The zero-order valence-electron chi connectivity index (χ0n) is 10.5. The Kier molecular flexibility index (Phi) is 3.80. The number of nitrogens with two attached hydrogens (primary N) is 1. The summed E-state index contributed by atoms with van der Waals surface area (Å²) in [6, 6.07) is 4.18. The van der Waals surface area contributed by atoms with Gasteiger partial charge in [0, 0.05) is 16.7 Å². The van der Waals surface area contributed by atoms with Gasteiger partial charge in [0.05, 0.1) is 5.56 Å². The summed E-state index contributed by atoms with van der Waals surface area (Å²) < 4.78 is 0.621. The maximum absolute atomic E-state index is 12.5. The van der Waals surface area contributed by atoms with Crippen LogP contribution in [0.2, 0.25) is 0 Å². The van der Waals surface area contributed by atoms with Crippen LogP contribution in [0.5, 0.6) is 0 Å².